The molecule has 0 saturated carbocycles. The normalized spacial score (nSPS) is 11.2. The molecular formula is C10H4BrCl2N3S. The Bertz CT molecular complexity index is 675. The van der Waals surface area contributed by atoms with Crippen molar-refractivity contribution in [2.75, 3.05) is 0 Å². The quantitative estimate of drug-likeness (QED) is 0.646. The summed E-state index contributed by atoms with van der Waals surface area (Å²) < 4.78 is 2.50. The zero-order valence-corrected chi connectivity index (χ0v) is 12.1. The van der Waals surface area contributed by atoms with Crippen molar-refractivity contribution in [3.8, 4) is 11.3 Å². The molecule has 2 aromatic heterocycles. The van der Waals surface area contributed by atoms with E-state index in [4.69, 9.17) is 23.2 Å². The Hall–Kier alpha value is -0.620. The minimum atomic E-state index is 0.624. The Balaban J connectivity index is 2.19. The van der Waals surface area contributed by atoms with Crippen molar-refractivity contribution in [2.45, 2.75) is 0 Å². The number of nitrogens with zero attached hydrogens (tertiary/aromatic N) is 3. The van der Waals surface area contributed by atoms with Crippen molar-refractivity contribution < 1.29 is 0 Å². The maximum absolute atomic E-state index is 6.12. The van der Waals surface area contributed by atoms with Crippen molar-refractivity contribution in [1.29, 1.82) is 0 Å². The van der Waals surface area contributed by atoms with E-state index in [-0.39, 0.29) is 0 Å². The largest absolute Gasteiger partial charge is 0.217 e. The molecule has 3 nitrogen and oxygen atoms in total. The molecule has 0 radical (unpaired) electrons. The van der Waals surface area contributed by atoms with E-state index >= 15 is 0 Å². The lowest BCUT2D eigenvalue weighted by Crippen LogP contribution is -1.80. The molecule has 2 heterocycles. The molecule has 0 aliphatic carbocycles. The fraction of sp³-hybridized carbons (Fsp3) is 0. The minimum absolute atomic E-state index is 0.624. The van der Waals surface area contributed by atoms with Gasteiger partial charge in [-0.3, -0.25) is 0 Å². The van der Waals surface area contributed by atoms with Gasteiger partial charge in [-0.05, 0) is 34.1 Å². The lowest BCUT2D eigenvalue weighted by Gasteiger charge is -2.00. The molecule has 0 saturated heterocycles. The highest BCUT2D eigenvalue weighted by Crippen LogP contribution is 2.31. The summed E-state index contributed by atoms with van der Waals surface area (Å²) >= 11 is 16.8. The van der Waals surface area contributed by atoms with Crippen LogP contribution in [0.3, 0.4) is 0 Å². The number of benzene rings is 1. The number of rotatable bonds is 1. The number of hydrogen-bond donors (Lipinski definition) is 0. The van der Waals surface area contributed by atoms with Crippen molar-refractivity contribution >= 4 is 55.4 Å². The summed E-state index contributed by atoms with van der Waals surface area (Å²) in [6, 6.07) is 5.31. The van der Waals surface area contributed by atoms with Crippen LogP contribution in [0.5, 0.6) is 0 Å². The van der Waals surface area contributed by atoms with E-state index in [2.05, 4.69) is 26.0 Å². The highest BCUT2D eigenvalue weighted by molar-refractivity contribution is 9.11. The lowest BCUT2D eigenvalue weighted by molar-refractivity contribution is 0.959. The highest BCUT2D eigenvalue weighted by atomic mass is 79.9. The number of aromatic nitrogens is 3. The predicted octanol–water partition coefficient (Wildman–Crippen LogP) is 4.53. The third-order valence-corrected chi connectivity index (χ3v) is 4.14. The van der Waals surface area contributed by atoms with E-state index < -0.39 is 0 Å². The third-order valence-electron chi connectivity index (χ3n) is 2.22. The minimum Gasteiger partial charge on any atom is -0.217 e. The molecular weight excluding hydrogens is 345 g/mol. The first-order valence-electron chi connectivity index (χ1n) is 4.60. The first-order valence-corrected chi connectivity index (χ1v) is 6.97. The van der Waals surface area contributed by atoms with Gasteiger partial charge in [-0.2, -0.15) is 0 Å². The van der Waals surface area contributed by atoms with Crippen LogP contribution < -0.4 is 0 Å². The monoisotopic (exact) mass is 347 g/mol. The molecule has 0 aliphatic rings. The van der Waals surface area contributed by atoms with Gasteiger partial charge in [0, 0.05) is 10.6 Å². The molecule has 0 atom stereocenters. The number of fused-ring (bicyclic) bond motifs is 1. The molecule has 0 spiro atoms. The van der Waals surface area contributed by atoms with E-state index in [9.17, 15) is 0 Å². The Morgan fingerprint density at radius 3 is 2.88 bits per heavy atom. The van der Waals surface area contributed by atoms with Gasteiger partial charge in [0.1, 0.15) is 0 Å². The molecule has 1 aromatic carbocycles. The molecule has 86 valence electrons. The van der Waals surface area contributed by atoms with E-state index in [1.54, 1.807) is 22.7 Å². The van der Waals surface area contributed by atoms with Crippen LogP contribution in [-0.2, 0) is 0 Å². The standard InChI is InChI=1S/C10H4BrCl2N3S/c11-9-15-16-4-8(14-10(16)17-9)6-3-5(12)1-2-7(6)13/h1-4H. The summed E-state index contributed by atoms with van der Waals surface area (Å²) in [6.07, 6.45) is 1.83. The average molecular weight is 349 g/mol. The summed E-state index contributed by atoms with van der Waals surface area (Å²) in [6.45, 7) is 0. The number of imidazole rings is 1. The van der Waals surface area contributed by atoms with Crippen molar-refractivity contribution in [2.24, 2.45) is 0 Å². The van der Waals surface area contributed by atoms with Gasteiger partial charge in [0.2, 0.25) is 4.96 Å². The van der Waals surface area contributed by atoms with Gasteiger partial charge in [-0.1, -0.05) is 34.5 Å². The van der Waals surface area contributed by atoms with Crippen LogP contribution in [0.4, 0.5) is 0 Å². The molecule has 0 N–H and O–H groups in total. The van der Waals surface area contributed by atoms with E-state index in [0.717, 1.165) is 20.1 Å². The third kappa shape index (κ3) is 2.08. The van der Waals surface area contributed by atoms with Crippen LogP contribution in [0.25, 0.3) is 16.2 Å². The fourth-order valence-corrected chi connectivity index (χ4v) is 3.10. The maximum Gasteiger partial charge on any atom is 0.213 e. The van der Waals surface area contributed by atoms with Gasteiger partial charge in [0.25, 0.3) is 0 Å². The van der Waals surface area contributed by atoms with E-state index in [1.165, 1.54) is 11.3 Å². The van der Waals surface area contributed by atoms with Gasteiger partial charge in [-0.15, -0.1) is 5.10 Å². The van der Waals surface area contributed by atoms with E-state index in [1.807, 2.05) is 6.20 Å². The lowest BCUT2D eigenvalue weighted by atomic mass is 10.2. The Kier molecular flexibility index (Phi) is 2.86. The van der Waals surface area contributed by atoms with Crippen molar-refractivity contribution in [1.82, 2.24) is 14.6 Å². The molecule has 3 rings (SSSR count). The van der Waals surface area contributed by atoms with Gasteiger partial charge >= 0.3 is 0 Å². The molecule has 0 aliphatic heterocycles. The van der Waals surface area contributed by atoms with Crippen molar-refractivity contribution in [3.63, 3.8) is 0 Å². The van der Waals surface area contributed by atoms with Crippen molar-refractivity contribution in [3.05, 3.63) is 38.4 Å². The topological polar surface area (TPSA) is 30.2 Å². The zero-order valence-electron chi connectivity index (χ0n) is 8.19. The second-order valence-electron chi connectivity index (χ2n) is 3.33. The molecule has 0 unspecified atom stereocenters. The Morgan fingerprint density at radius 1 is 1.29 bits per heavy atom. The van der Waals surface area contributed by atoms with Gasteiger partial charge in [0.05, 0.1) is 16.9 Å². The predicted molar refractivity (Wildman–Crippen MR) is 74.0 cm³/mol. The molecule has 17 heavy (non-hydrogen) atoms. The zero-order chi connectivity index (χ0) is 12.0. The molecule has 0 fully saturated rings. The molecule has 7 heteroatoms. The van der Waals surface area contributed by atoms with Crippen LogP contribution in [0.2, 0.25) is 10.0 Å². The van der Waals surface area contributed by atoms with E-state index in [0.29, 0.717) is 10.0 Å². The summed E-state index contributed by atoms with van der Waals surface area (Å²) in [5.74, 6) is 0. The Labute approximate surface area is 119 Å². The smallest absolute Gasteiger partial charge is 0.213 e. The first-order chi connectivity index (χ1) is 8.13. The Morgan fingerprint density at radius 2 is 2.12 bits per heavy atom. The highest BCUT2D eigenvalue weighted by Gasteiger charge is 2.11. The number of hydrogen-bond acceptors (Lipinski definition) is 3. The summed E-state index contributed by atoms with van der Waals surface area (Å²) in [5.41, 5.74) is 1.58. The van der Waals surface area contributed by atoms with Gasteiger partial charge in [-0.25, -0.2) is 9.50 Å². The van der Waals surface area contributed by atoms with Gasteiger partial charge in [0.15, 0.2) is 3.92 Å². The molecule has 0 bridgehead atoms. The second kappa shape index (κ2) is 4.24. The van der Waals surface area contributed by atoms with Crippen LogP contribution in [0, 0.1) is 0 Å². The van der Waals surface area contributed by atoms with Crippen LogP contribution in [0.1, 0.15) is 0 Å². The molecule has 0 amide bonds. The average Bonchev–Trinajstić information content (AvgIpc) is 2.78. The van der Waals surface area contributed by atoms with Crippen LogP contribution in [-0.4, -0.2) is 14.6 Å². The second-order valence-corrected chi connectivity index (χ2v) is 6.41. The molecule has 3 aromatic rings. The van der Waals surface area contributed by atoms with Crippen LogP contribution >= 0.6 is 50.5 Å². The summed E-state index contributed by atoms with van der Waals surface area (Å²) in [4.78, 5) is 5.26. The summed E-state index contributed by atoms with van der Waals surface area (Å²) in [7, 11) is 0. The van der Waals surface area contributed by atoms with Gasteiger partial charge < -0.3 is 0 Å². The number of halogens is 3. The maximum atomic E-state index is 6.12. The van der Waals surface area contributed by atoms with Crippen LogP contribution in [0.15, 0.2) is 28.3 Å². The first kappa shape index (κ1) is 11.5. The fourth-order valence-electron chi connectivity index (χ4n) is 1.50. The SMILES string of the molecule is Clc1ccc(Cl)c(-c2cn3nc(Br)sc3n2)c1. The summed E-state index contributed by atoms with van der Waals surface area (Å²) in [5, 5.41) is 5.48.